The van der Waals surface area contributed by atoms with Crippen molar-refractivity contribution in [2.75, 3.05) is 5.75 Å². The molecule has 26 heavy (non-hydrogen) atoms. The second-order valence-corrected chi connectivity index (χ2v) is 8.81. The van der Waals surface area contributed by atoms with Gasteiger partial charge in [0.25, 0.3) is 5.91 Å². The fourth-order valence-corrected chi connectivity index (χ4v) is 5.91. The Labute approximate surface area is 152 Å². The molecule has 1 amide bonds. The SMILES string of the molecule is O=C(O)C1=C(c2cccs2)CS(=O)(=O)[C@@H]2/C(=C/c3ccccn3)C(=O)N12. The molecule has 0 radical (unpaired) electrons. The summed E-state index contributed by atoms with van der Waals surface area (Å²) in [6, 6.07) is 8.41. The van der Waals surface area contributed by atoms with Crippen molar-refractivity contribution >= 4 is 44.7 Å². The predicted octanol–water partition coefficient (Wildman–Crippen LogP) is 1.62. The van der Waals surface area contributed by atoms with Crippen LogP contribution in [-0.2, 0) is 19.4 Å². The van der Waals surface area contributed by atoms with Crippen LogP contribution >= 0.6 is 11.3 Å². The fraction of sp³-hybridized carbons (Fsp3) is 0.118. The molecular weight excluding hydrogens is 376 g/mol. The van der Waals surface area contributed by atoms with Gasteiger partial charge >= 0.3 is 5.97 Å². The highest BCUT2D eigenvalue weighted by molar-refractivity contribution is 7.92. The maximum atomic E-state index is 12.8. The van der Waals surface area contributed by atoms with Gasteiger partial charge in [0.15, 0.2) is 15.2 Å². The lowest BCUT2D eigenvalue weighted by atomic mass is 10.0. The van der Waals surface area contributed by atoms with Gasteiger partial charge in [0.05, 0.1) is 17.0 Å². The zero-order valence-electron chi connectivity index (χ0n) is 13.2. The molecule has 2 aromatic heterocycles. The third-order valence-corrected chi connectivity index (χ3v) is 6.96. The van der Waals surface area contributed by atoms with Gasteiger partial charge in [-0.05, 0) is 29.7 Å². The van der Waals surface area contributed by atoms with E-state index in [9.17, 15) is 23.1 Å². The zero-order chi connectivity index (χ0) is 18.5. The van der Waals surface area contributed by atoms with Gasteiger partial charge in [-0.1, -0.05) is 12.1 Å². The lowest BCUT2D eigenvalue weighted by Gasteiger charge is -2.45. The second kappa shape index (κ2) is 5.89. The van der Waals surface area contributed by atoms with Gasteiger partial charge in [0.1, 0.15) is 5.70 Å². The summed E-state index contributed by atoms with van der Waals surface area (Å²) in [7, 11) is -3.77. The Balaban J connectivity index is 1.86. The fourth-order valence-electron chi connectivity index (χ4n) is 3.11. The number of carboxylic acid groups (broad SMARTS) is 1. The molecule has 4 rings (SSSR count). The van der Waals surface area contributed by atoms with Crippen LogP contribution in [0.4, 0.5) is 0 Å². The van der Waals surface area contributed by atoms with Crippen LogP contribution in [0.2, 0.25) is 0 Å². The van der Waals surface area contributed by atoms with E-state index in [1.54, 1.807) is 35.7 Å². The quantitative estimate of drug-likeness (QED) is 0.633. The zero-order valence-corrected chi connectivity index (χ0v) is 14.8. The van der Waals surface area contributed by atoms with Crippen LogP contribution in [0.1, 0.15) is 10.6 Å². The van der Waals surface area contributed by atoms with Crippen molar-refractivity contribution < 1.29 is 23.1 Å². The van der Waals surface area contributed by atoms with E-state index in [-0.39, 0.29) is 16.8 Å². The van der Waals surface area contributed by atoms with Crippen molar-refractivity contribution in [2.45, 2.75) is 5.37 Å². The van der Waals surface area contributed by atoms with E-state index in [2.05, 4.69) is 4.98 Å². The highest BCUT2D eigenvalue weighted by Gasteiger charge is 2.56. The minimum absolute atomic E-state index is 0.0349. The van der Waals surface area contributed by atoms with Crippen molar-refractivity contribution in [1.82, 2.24) is 9.88 Å². The third kappa shape index (κ3) is 2.47. The average Bonchev–Trinajstić information content (AvgIpc) is 3.13. The Hall–Kier alpha value is -2.78. The van der Waals surface area contributed by atoms with E-state index in [1.807, 2.05) is 0 Å². The monoisotopic (exact) mass is 388 g/mol. The van der Waals surface area contributed by atoms with Gasteiger partial charge in [-0.2, -0.15) is 0 Å². The summed E-state index contributed by atoms with van der Waals surface area (Å²) in [6.07, 6.45) is 2.93. The number of carbonyl (C=O) groups is 2. The molecule has 1 saturated heterocycles. The number of hydrogen-bond acceptors (Lipinski definition) is 6. The molecule has 1 fully saturated rings. The number of sulfone groups is 1. The van der Waals surface area contributed by atoms with Crippen molar-refractivity contribution in [3.8, 4) is 0 Å². The maximum absolute atomic E-state index is 12.8. The number of fused-ring (bicyclic) bond motifs is 1. The standard InChI is InChI=1S/C17H12N2O5S2/c20-15-11(8-10-4-1-2-6-18-10)16-19(15)14(17(21)22)12(9-26(16,23)24)13-5-3-7-25-13/h1-8,16H,9H2,(H,21,22)/b11-8+/t16-/m1/s1. The Bertz CT molecular complexity index is 1070. The lowest BCUT2D eigenvalue weighted by Crippen LogP contribution is -2.61. The summed E-state index contributed by atoms with van der Waals surface area (Å²) in [5.74, 6) is -2.38. The molecule has 132 valence electrons. The molecule has 0 aliphatic carbocycles. The number of hydrogen-bond donors (Lipinski definition) is 1. The Morgan fingerprint density at radius 3 is 2.73 bits per heavy atom. The van der Waals surface area contributed by atoms with Gasteiger partial charge in [-0.15, -0.1) is 11.3 Å². The number of rotatable bonds is 3. The van der Waals surface area contributed by atoms with Crippen LogP contribution in [0.3, 0.4) is 0 Å². The van der Waals surface area contributed by atoms with Crippen molar-refractivity contribution in [1.29, 1.82) is 0 Å². The molecule has 2 aliphatic rings. The molecule has 0 bridgehead atoms. The Kier molecular flexibility index (Phi) is 3.78. The summed E-state index contributed by atoms with van der Waals surface area (Å²) in [5.41, 5.74) is 0.354. The molecule has 2 aliphatic heterocycles. The average molecular weight is 388 g/mol. The first-order valence-corrected chi connectivity index (χ1v) is 10.2. The first-order valence-electron chi connectivity index (χ1n) is 7.58. The molecule has 0 saturated carbocycles. The highest BCUT2D eigenvalue weighted by atomic mass is 32.2. The van der Waals surface area contributed by atoms with Gasteiger partial charge in [-0.3, -0.25) is 14.7 Å². The second-order valence-electron chi connectivity index (χ2n) is 5.80. The number of thiophene rings is 1. The predicted molar refractivity (Wildman–Crippen MR) is 95.5 cm³/mol. The molecule has 9 heteroatoms. The Morgan fingerprint density at radius 2 is 2.12 bits per heavy atom. The first-order chi connectivity index (χ1) is 12.4. The van der Waals surface area contributed by atoms with Crippen molar-refractivity contribution in [3.05, 3.63) is 63.7 Å². The molecular formula is C17H12N2O5S2. The molecule has 0 spiro atoms. The van der Waals surface area contributed by atoms with Gasteiger partial charge in [-0.25, -0.2) is 13.2 Å². The number of aliphatic carboxylic acids is 1. The smallest absolute Gasteiger partial charge is 0.353 e. The number of amides is 1. The van der Waals surface area contributed by atoms with Crippen molar-refractivity contribution in [2.24, 2.45) is 0 Å². The number of nitrogens with zero attached hydrogens (tertiary/aromatic N) is 2. The molecule has 1 atom stereocenters. The largest absolute Gasteiger partial charge is 0.477 e. The van der Waals surface area contributed by atoms with E-state index in [0.29, 0.717) is 10.6 Å². The van der Waals surface area contributed by atoms with Crippen LogP contribution in [0.25, 0.3) is 11.6 Å². The number of aromatic nitrogens is 1. The van der Waals surface area contributed by atoms with Crippen LogP contribution < -0.4 is 0 Å². The number of pyridine rings is 1. The van der Waals surface area contributed by atoms with Crippen LogP contribution in [0, 0.1) is 0 Å². The van der Waals surface area contributed by atoms with Crippen LogP contribution in [-0.4, -0.2) is 46.4 Å². The first kappa shape index (κ1) is 16.7. The van der Waals surface area contributed by atoms with E-state index in [4.69, 9.17) is 0 Å². The van der Waals surface area contributed by atoms with E-state index >= 15 is 0 Å². The Morgan fingerprint density at radius 1 is 1.31 bits per heavy atom. The van der Waals surface area contributed by atoms with E-state index in [0.717, 1.165) is 4.90 Å². The highest BCUT2D eigenvalue weighted by Crippen LogP contribution is 2.43. The molecule has 0 unspecified atom stereocenters. The molecule has 4 heterocycles. The van der Waals surface area contributed by atoms with E-state index in [1.165, 1.54) is 23.6 Å². The summed E-state index contributed by atoms with van der Waals surface area (Å²) < 4.78 is 25.6. The maximum Gasteiger partial charge on any atom is 0.353 e. The minimum Gasteiger partial charge on any atom is -0.477 e. The third-order valence-electron chi connectivity index (χ3n) is 4.19. The molecule has 1 N–H and O–H groups in total. The summed E-state index contributed by atoms with van der Waals surface area (Å²) >= 11 is 1.24. The normalized spacial score (nSPS) is 22.9. The van der Waals surface area contributed by atoms with Crippen LogP contribution in [0.15, 0.2) is 53.2 Å². The van der Waals surface area contributed by atoms with Crippen molar-refractivity contribution in [3.63, 3.8) is 0 Å². The molecule has 7 nitrogen and oxygen atoms in total. The van der Waals surface area contributed by atoms with E-state index < -0.39 is 32.8 Å². The van der Waals surface area contributed by atoms with Crippen LogP contribution in [0.5, 0.6) is 0 Å². The molecule has 2 aromatic rings. The number of β-lactam (4-membered cyclic amide) rings is 1. The summed E-state index contributed by atoms with van der Waals surface area (Å²) in [4.78, 5) is 29.8. The minimum atomic E-state index is -3.77. The van der Waals surface area contributed by atoms with Gasteiger partial charge < -0.3 is 5.11 Å². The number of carboxylic acids is 1. The summed E-state index contributed by atoms with van der Waals surface area (Å²) in [6.45, 7) is 0. The number of carbonyl (C=O) groups excluding carboxylic acids is 1. The lowest BCUT2D eigenvalue weighted by molar-refractivity contribution is -0.141. The van der Waals surface area contributed by atoms with Gasteiger partial charge in [0.2, 0.25) is 0 Å². The summed E-state index contributed by atoms with van der Waals surface area (Å²) in [5, 5.41) is 10.1. The topological polar surface area (TPSA) is 105 Å². The van der Waals surface area contributed by atoms with Gasteiger partial charge in [0, 0.05) is 16.6 Å². The molecule has 0 aromatic carbocycles.